The second-order valence-corrected chi connectivity index (χ2v) is 7.81. The summed E-state index contributed by atoms with van der Waals surface area (Å²) in [4.78, 5) is 24.7. The van der Waals surface area contributed by atoms with Gasteiger partial charge in [0.05, 0.1) is 6.04 Å². The molecule has 0 saturated carbocycles. The highest BCUT2D eigenvalue weighted by atomic mass is 16.2. The van der Waals surface area contributed by atoms with Crippen molar-refractivity contribution in [1.29, 1.82) is 5.26 Å². The zero-order valence-electron chi connectivity index (χ0n) is 15.7. The highest BCUT2D eigenvalue weighted by Crippen LogP contribution is 2.40. The van der Waals surface area contributed by atoms with E-state index in [9.17, 15) is 14.9 Å². The van der Waals surface area contributed by atoms with Crippen LogP contribution >= 0.6 is 0 Å². The molecule has 3 rings (SSSR count). The van der Waals surface area contributed by atoms with Crippen molar-refractivity contribution in [3.05, 3.63) is 61.8 Å². The average molecular weight is 352 g/mol. The van der Waals surface area contributed by atoms with E-state index in [0.717, 1.165) is 29.4 Å². The van der Waals surface area contributed by atoms with Gasteiger partial charge in [-0.3, -0.25) is 13.9 Å². The molecule has 1 heterocycles. The number of rotatable bonds is 2. The maximum atomic E-state index is 12.4. The van der Waals surface area contributed by atoms with E-state index >= 15 is 0 Å². The maximum absolute atomic E-state index is 12.4. The number of aryl methyl sites for hydroxylation is 1. The van der Waals surface area contributed by atoms with Crippen LogP contribution in [0.3, 0.4) is 0 Å². The second kappa shape index (κ2) is 6.49. The third-order valence-electron chi connectivity index (χ3n) is 5.35. The van der Waals surface area contributed by atoms with E-state index in [1.807, 2.05) is 18.2 Å². The smallest absolute Gasteiger partial charge is 0.332 e. The van der Waals surface area contributed by atoms with Gasteiger partial charge in [-0.15, -0.1) is 0 Å². The minimum atomic E-state index is -0.570. The Bertz CT molecular complexity index is 1010. The Kier molecular flexibility index (Phi) is 4.49. The Morgan fingerprint density at radius 1 is 1.19 bits per heavy atom. The van der Waals surface area contributed by atoms with Gasteiger partial charge in [0.15, 0.2) is 5.56 Å². The van der Waals surface area contributed by atoms with Gasteiger partial charge in [0, 0.05) is 14.1 Å². The summed E-state index contributed by atoms with van der Waals surface area (Å²) in [6.45, 7) is 4.45. The number of hydrogen-bond donors (Lipinski definition) is 1. The predicted molar refractivity (Wildman–Crippen MR) is 101 cm³/mol. The van der Waals surface area contributed by atoms with Crippen LogP contribution in [-0.2, 0) is 20.5 Å². The Hall–Kier alpha value is -2.81. The minimum Gasteiger partial charge on any atom is -0.363 e. The lowest BCUT2D eigenvalue weighted by atomic mass is 9.83. The van der Waals surface area contributed by atoms with Crippen LogP contribution in [0, 0.1) is 16.7 Å². The molecule has 1 aliphatic rings. The fraction of sp³-hybridized carbons (Fsp3) is 0.450. The van der Waals surface area contributed by atoms with Crippen LogP contribution in [0.25, 0.3) is 0 Å². The fourth-order valence-corrected chi connectivity index (χ4v) is 3.75. The molecule has 1 aromatic heterocycles. The predicted octanol–water partition coefficient (Wildman–Crippen LogP) is 2.47. The summed E-state index contributed by atoms with van der Waals surface area (Å²) in [5.41, 5.74) is 1.48. The molecule has 136 valence electrons. The van der Waals surface area contributed by atoms with Gasteiger partial charge in [-0.25, -0.2) is 4.79 Å². The highest BCUT2D eigenvalue weighted by molar-refractivity contribution is 5.53. The van der Waals surface area contributed by atoms with Crippen molar-refractivity contribution in [2.45, 2.75) is 39.2 Å². The fourth-order valence-electron chi connectivity index (χ4n) is 3.75. The number of anilines is 1. The van der Waals surface area contributed by atoms with Crippen molar-refractivity contribution in [3.8, 4) is 6.07 Å². The molecule has 1 N–H and O–H groups in total. The monoisotopic (exact) mass is 352 g/mol. The summed E-state index contributed by atoms with van der Waals surface area (Å²) < 4.78 is 2.31. The van der Waals surface area contributed by atoms with Crippen LogP contribution in [0.2, 0.25) is 0 Å². The Labute approximate surface area is 152 Å². The normalized spacial score (nSPS) is 18.5. The van der Waals surface area contributed by atoms with E-state index in [0.29, 0.717) is 0 Å². The molecule has 6 heteroatoms. The molecule has 1 aromatic carbocycles. The molecule has 0 aliphatic heterocycles. The Balaban J connectivity index is 2.15. The van der Waals surface area contributed by atoms with Crippen LogP contribution < -0.4 is 16.6 Å². The van der Waals surface area contributed by atoms with E-state index in [2.05, 4.69) is 31.3 Å². The third-order valence-corrected chi connectivity index (χ3v) is 5.35. The molecule has 0 saturated heterocycles. The van der Waals surface area contributed by atoms with Crippen molar-refractivity contribution in [1.82, 2.24) is 9.13 Å². The van der Waals surface area contributed by atoms with E-state index < -0.39 is 11.2 Å². The quantitative estimate of drug-likeness (QED) is 0.842. The third kappa shape index (κ3) is 3.05. The van der Waals surface area contributed by atoms with Crippen molar-refractivity contribution in [3.63, 3.8) is 0 Å². The number of nitrogens with zero attached hydrogens (tertiary/aromatic N) is 3. The summed E-state index contributed by atoms with van der Waals surface area (Å²) in [6.07, 6.45) is 2.89. The van der Waals surface area contributed by atoms with Gasteiger partial charge >= 0.3 is 5.69 Å². The van der Waals surface area contributed by atoms with Crippen LogP contribution in [0.4, 0.5) is 5.82 Å². The van der Waals surface area contributed by atoms with Crippen molar-refractivity contribution in [2.75, 3.05) is 5.32 Å². The van der Waals surface area contributed by atoms with Gasteiger partial charge in [0.2, 0.25) is 0 Å². The van der Waals surface area contributed by atoms with Crippen LogP contribution in [0.15, 0.2) is 33.9 Å². The second-order valence-electron chi connectivity index (χ2n) is 7.81. The zero-order valence-corrected chi connectivity index (χ0v) is 15.7. The first-order valence-corrected chi connectivity index (χ1v) is 8.79. The summed E-state index contributed by atoms with van der Waals surface area (Å²) in [6, 6.07) is 10.1. The van der Waals surface area contributed by atoms with Crippen molar-refractivity contribution in [2.24, 2.45) is 19.5 Å². The molecule has 1 atom stereocenters. The van der Waals surface area contributed by atoms with Gasteiger partial charge in [-0.2, -0.15) is 5.26 Å². The van der Waals surface area contributed by atoms with Crippen molar-refractivity contribution < 1.29 is 0 Å². The number of aromatic nitrogens is 2. The van der Waals surface area contributed by atoms with Crippen LogP contribution in [0.5, 0.6) is 0 Å². The Morgan fingerprint density at radius 3 is 2.58 bits per heavy atom. The standard InChI is InChI=1S/C20H24N4O2/c1-20(2)10-9-13-7-5-6-8-14(13)16(11-20)22-17-15(12-21)18(25)24(4)19(26)23(17)3/h5-8,16,22H,9-11H2,1-4H3/t16-/m1/s1. The van der Waals surface area contributed by atoms with Crippen LogP contribution in [-0.4, -0.2) is 9.13 Å². The van der Waals surface area contributed by atoms with Gasteiger partial charge in [0.25, 0.3) is 5.56 Å². The average Bonchev–Trinajstić information content (AvgIpc) is 2.74. The number of fused-ring (bicyclic) bond motifs is 1. The molecule has 0 radical (unpaired) electrons. The molecule has 0 spiro atoms. The van der Waals surface area contributed by atoms with E-state index in [1.165, 1.54) is 17.2 Å². The minimum absolute atomic E-state index is 0.0332. The summed E-state index contributed by atoms with van der Waals surface area (Å²) in [7, 11) is 2.97. The molecule has 26 heavy (non-hydrogen) atoms. The van der Waals surface area contributed by atoms with Gasteiger partial charge in [-0.1, -0.05) is 38.1 Å². The molecule has 0 unspecified atom stereocenters. The van der Waals surface area contributed by atoms with E-state index in [-0.39, 0.29) is 22.8 Å². The number of nitriles is 1. The molecule has 1 aliphatic carbocycles. The number of nitrogens with one attached hydrogen (secondary N) is 1. The lowest BCUT2D eigenvalue weighted by molar-refractivity contribution is 0.300. The summed E-state index contributed by atoms with van der Waals surface area (Å²) >= 11 is 0. The van der Waals surface area contributed by atoms with Gasteiger partial charge < -0.3 is 5.32 Å². The summed E-state index contributed by atoms with van der Waals surface area (Å²) in [5.74, 6) is 0.290. The van der Waals surface area contributed by atoms with Crippen molar-refractivity contribution >= 4 is 5.82 Å². The first-order chi connectivity index (χ1) is 12.2. The topological polar surface area (TPSA) is 79.8 Å². The van der Waals surface area contributed by atoms with E-state index in [1.54, 1.807) is 7.05 Å². The molecular weight excluding hydrogens is 328 g/mol. The molecule has 6 nitrogen and oxygen atoms in total. The molecular formula is C20H24N4O2. The lowest BCUT2D eigenvalue weighted by Crippen LogP contribution is -2.40. The maximum Gasteiger partial charge on any atom is 0.332 e. The Morgan fingerprint density at radius 2 is 1.88 bits per heavy atom. The first-order valence-electron chi connectivity index (χ1n) is 8.79. The SMILES string of the molecule is Cn1c(N[C@@H]2CC(C)(C)CCc3ccccc32)c(C#N)c(=O)n(C)c1=O. The highest BCUT2D eigenvalue weighted by Gasteiger charge is 2.30. The summed E-state index contributed by atoms with van der Waals surface area (Å²) in [5, 5.41) is 12.9. The van der Waals surface area contributed by atoms with Gasteiger partial charge in [0.1, 0.15) is 11.9 Å². The molecule has 0 amide bonds. The van der Waals surface area contributed by atoms with Gasteiger partial charge in [-0.05, 0) is 35.8 Å². The number of hydrogen-bond acceptors (Lipinski definition) is 4. The van der Waals surface area contributed by atoms with E-state index in [4.69, 9.17) is 0 Å². The number of benzene rings is 1. The molecule has 2 aromatic rings. The molecule has 0 bridgehead atoms. The molecule has 0 fully saturated rings. The van der Waals surface area contributed by atoms with Crippen LogP contribution in [0.1, 0.15) is 49.4 Å². The zero-order chi connectivity index (χ0) is 19.1. The first kappa shape index (κ1) is 18.0. The largest absolute Gasteiger partial charge is 0.363 e. The lowest BCUT2D eigenvalue weighted by Gasteiger charge is -2.29.